The van der Waals surface area contributed by atoms with Gasteiger partial charge < -0.3 is 0 Å². The molecule has 1 fully saturated rings. The third kappa shape index (κ3) is 3.86. The van der Waals surface area contributed by atoms with Crippen LogP contribution in [-0.4, -0.2) is 41.4 Å². The second-order valence-corrected chi connectivity index (χ2v) is 4.78. The van der Waals surface area contributed by atoms with Gasteiger partial charge in [0, 0.05) is 30.5 Å². The van der Waals surface area contributed by atoms with E-state index in [1.54, 1.807) is 0 Å². The maximum Gasteiger partial charge on any atom is 0.233 e. The zero-order chi connectivity index (χ0) is 10.4. The Morgan fingerprint density at radius 2 is 2.50 bits per heavy atom. The van der Waals surface area contributed by atoms with Gasteiger partial charge in [-0.1, -0.05) is 0 Å². The minimum Gasteiger partial charge on any atom is -0.299 e. The highest BCUT2D eigenvalue weighted by Gasteiger charge is 2.17. The number of carbonyl (C=O) groups is 1. The fourth-order valence-electron chi connectivity index (χ4n) is 1.61. The van der Waals surface area contributed by atoms with Gasteiger partial charge in [-0.05, 0) is 19.9 Å². The van der Waals surface area contributed by atoms with E-state index in [-0.39, 0.29) is 5.91 Å². The standard InChI is InChI=1S/C9H19N3OS/c1-8-7-14-6-5-12(8)4-2-3-9(13)11-10/h8H,2-7,10H2,1H3,(H,11,13). The first-order valence-corrected chi connectivity index (χ1v) is 6.20. The fourth-order valence-corrected chi connectivity index (χ4v) is 2.69. The minimum atomic E-state index is -0.0657. The average molecular weight is 217 g/mol. The molecule has 1 saturated heterocycles. The second kappa shape index (κ2) is 6.27. The van der Waals surface area contributed by atoms with Crippen molar-refractivity contribution >= 4 is 17.7 Å². The van der Waals surface area contributed by atoms with Crippen LogP contribution in [0.2, 0.25) is 0 Å². The quantitative estimate of drug-likeness (QED) is 0.401. The Morgan fingerprint density at radius 1 is 1.71 bits per heavy atom. The van der Waals surface area contributed by atoms with Crippen molar-refractivity contribution in [3.63, 3.8) is 0 Å². The van der Waals surface area contributed by atoms with E-state index in [9.17, 15) is 4.79 Å². The number of carbonyl (C=O) groups excluding carboxylic acids is 1. The van der Waals surface area contributed by atoms with E-state index in [1.165, 1.54) is 11.5 Å². The molecule has 0 radical (unpaired) electrons. The maximum absolute atomic E-state index is 10.9. The van der Waals surface area contributed by atoms with Crippen LogP contribution < -0.4 is 11.3 Å². The predicted molar refractivity (Wildman–Crippen MR) is 59.9 cm³/mol. The number of hydrogen-bond acceptors (Lipinski definition) is 4. The zero-order valence-corrected chi connectivity index (χ0v) is 9.48. The molecule has 82 valence electrons. The normalized spacial score (nSPS) is 23.4. The Labute approximate surface area is 89.6 Å². The van der Waals surface area contributed by atoms with Crippen LogP contribution in [0.4, 0.5) is 0 Å². The Kier molecular flexibility index (Phi) is 5.29. The Bertz CT molecular complexity index is 189. The van der Waals surface area contributed by atoms with Crippen LogP contribution in [0, 0.1) is 0 Å². The lowest BCUT2D eigenvalue weighted by atomic mass is 10.2. The molecule has 5 heteroatoms. The van der Waals surface area contributed by atoms with Crippen molar-refractivity contribution in [1.82, 2.24) is 10.3 Å². The molecule has 1 atom stereocenters. The third-order valence-corrected chi connectivity index (χ3v) is 3.70. The van der Waals surface area contributed by atoms with Crippen molar-refractivity contribution in [1.29, 1.82) is 0 Å². The van der Waals surface area contributed by atoms with Gasteiger partial charge >= 0.3 is 0 Å². The highest BCUT2D eigenvalue weighted by molar-refractivity contribution is 7.99. The molecule has 14 heavy (non-hydrogen) atoms. The number of hydrazine groups is 1. The number of thioether (sulfide) groups is 1. The summed E-state index contributed by atoms with van der Waals surface area (Å²) in [6.07, 6.45) is 1.44. The summed E-state index contributed by atoms with van der Waals surface area (Å²) in [7, 11) is 0. The Balaban J connectivity index is 2.13. The highest BCUT2D eigenvalue weighted by Crippen LogP contribution is 2.16. The van der Waals surface area contributed by atoms with E-state index in [1.807, 2.05) is 11.8 Å². The number of nitrogens with two attached hydrogens (primary N) is 1. The van der Waals surface area contributed by atoms with Crippen LogP contribution >= 0.6 is 11.8 Å². The molecule has 0 spiro atoms. The van der Waals surface area contributed by atoms with Gasteiger partial charge in [-0.15, -0.1) is 0 Å². The summed E-state index contributed by atoms with van der Waals surface area (Å²) < 4.78 is 0. The summed E-state index contributed by atoms with van der Waals surface area (Å²) in [5.41, 5.74) is 2.15. The van der Waals surface area contributed by atoms with Crippen molar-refractivity contribution < 1.29 is 4.79 Å². The molecule has 4 nitrogen and oxygen atoms in total. The highest BCUT2D eigenvalue weighted by atomic mass is 32.2. The maximum atomic E-state index is 10.9. The predicted octanol–water partition coefficient (Wildman–Crippen LogP) is 0.194. The van der Waals surface area contributed by atoms with Gasteiger partial charge in [0.1, 0.15) is 0 Å². The molecule has 0 aromatic heterocycles. The summed E-state index contributed by atoms with van der Waals surface area (Å²) in [4.78, 5) is 13.3. The van der Waals surface area contributed by atoms with Gasteiger partial charge in [0.25, 0.3) is 0 Å². The van der Waals surface area contributed by atoms with E-state index in [0.717, 1.165) is 19.5 Å². The largest absolute Gasteiger partial charge is 0.299 e. The number of nitrogens with zero attached hydrogens (tertiary/aromatic N) is 1. The summed E-state index contributed by atoms with van der Waals surface area (Å²) >= 11 is 2.01. The van der Waals surface area contributed by atoms with Crippen molar-refractivity contribution in [3.05, 3.63) is 0 Å². The van der Waals surface area contributed by atoms with Crippen molar-refractivity contribution in [3.8, 4) is 0 Å². The monoisotopic (exact) mass is 217 g/mol. The second-order valence-electron chi connectivity index (χ2n) is 3.63. The van der Waals surface area contributed by atoms with Gasteiger partial charge in [0.15, 0.2) is 0 Å². The van der Waals surface area contributed by atoms with Gasteiger partial charge in [-0.2, -0.15) is 11.8 Å². The number of hydrogen-bond donors (Lipinski definition) is 2. The van der Waals surface area contributed by atoms with Crippen LogP contribution in [0.15, 0.2) is 0 Å². The van der Waals surface area contributed by atoms with Gasteiger partial charge in [0.2, 0.25) is 5.91 Å². The van der Waals surface area contributed by atoms with Crippen LogP contribution in [-0.2, 0) is 4.79 Å². The summed E-state index contributed by atoms with van der Waals surface area (Å²) in [6, 6.07) is 0.648. The molecule has 0 aromatic rings. The van der Waals surface area contributed by atoms with Crippen LogP contribution in [0.25, 0.3) is 0 Å². The van der Waals surface area contributed by atoms with Crippen molar-refractivity contribution in [2.24, 2.45) is 5.84 Å². The molecule has 0 saturated carbocycles. The summed E-state index contributed by atoms with van der Waals surface area (Å²) in [5, 5.41) is 0. The molecule has 0 aromatic carbocycles. The van der Waals surface area contributed by atoms with Crippen LogP contribution in [0.5, 0.6) is 0 Å². The molecular formula is C9H19N3OS. The van der Waals surface area contributed by atoms with Crippen molar-refractivity contribution in [2.45, 2.75) is 25.8 Å². The lowest BCUT2D eigenvalue weighted by Crippen LogP contribution is -2.41. The van der Waals surface area contributed by atoms with Gasteiger partial charge in [-0.3, -0.25) is 15.1 Å². The van der Waals surface area contributed by atoms with Crippen molar-refractivity contribution in [2.75, 3.05) is 24.6 Å². The number of amides is 1. The van der Waals surface area contributed by atoms with E-state index >= 15 is 0 Å². The molecule has 0 aliphatic carbocycles. The molecule has 1 aliphatic rings. The van der Waals surface area contributed by atoms with Crippen LogP contribution in [0.3, 0.4) is 0 Å². The van der Waals surface area contributed by atoms with E-state index in [0.29, 0.717) is 12.5 Å². The number of rotatable bonds is 4. The molecule has 3 N–H and O–H groups in total. The lowest BCUT2D eigenvalue weighted by molar-refractivity contribution is -0.121. The van der Waals surface area contributed by atoms with Gasteiger partial charge in [0.05, 0.1) is 0 Å². The first-order chi connectivity index (χ1) is 6.74. The Hall–Kier alpha value is -0.260. The summed E-state index contributed by atoms with van der Waals surface area (Å²) in [5.74, 6) is 7.36. The molecule has 0 bridgehead atoms. The van der Waals surface area contributed by atoms with E-state index in [4.69, 9.17) is 5.84 Å². The topological polar surface area (TPSA) is 58.4 Å². The molecule has 1 aliphatic heterocycles. The SMILES string of the molecule is CC1CSCCN1CCCC(=O)NN. The first kappa shape index (κ1) is 11.8. The molecular weight excluding hydrogens is 198 g/mol. The Morgan fingerprint density at radius 3 is 3.14 bits per heavy atom. The third-order valence-electron chi connectivity index (χ3n) is 2.52. The smallest absolute Gasteiger partial charge is 0.233 e. The van der Waals surface area contributed by atoms with E-state index in [2.05, 4.69) is 17.2 Å². The minimum absolute atomic E-state index is 0.0657. The molecule has 1 heterocycles. The summed E-state index contributed by atoms with van der Waals surface area (Å²) in [6.45, 7) is 4.40. The molecule has 1 amide bonds. The van der Waals surface area contributed by atoms with Crippen LogP contribution in [0.1, 0.15) is 19.8 Å². The molecule has 1 unspecified atom stereocenters. The first-order valence-electron chi connectivity index (χ1n) is 5.05. The number of nitrogens with one attached hydrogen (secondary N) is 1. The molecule has 1 rings (SSSR count). The lowest BCUT2D eigenvalue weighted by Gasteiger charge is -2.32. The van der Waals surface area contributed by atoms with Gasteiger partial charge in [-0.25, -0.2) is 5.84 Å². The zero-order valence-electron chi connectivity index (χ0n) is 8.66. The fraction of sp³-hybridized carbons (Fsp3) is 0.889. The van der Waals surface area contributed by atoms with E-state index < -0.39 is 0 Å². The average Bonchev–Trinajstić information content (AvgIpc) is 2.20.